The van der Waals surface area contributed by atoms with Gasteiger partial charge in [0, 0.05) is 11.9 Å². The number of hydrogen-bond acceptors (Lipinski definition) is 3. The molecule has 0 bridgehead atoms. The monoisotopic (exact) mass is 201 g/mol. The molecule has 1 fully saturated rings. The van der Waals surface area contributed by atoms with E-state index in [9.17, 15) is 0 Å². The zero-order valence-electron chi connectivity index (χ0n) is 8.85. The van der Waals surface area contributed by atoms with Gasteiger partial charge >= 0.3 is 0 Å². The summed E-state index contributed by atoms with van der Waals surface area (Å²) in [4.78, 5) is 8.65. The second kappa shape index (κ2) is 4.26. The second-order valence-corrected chi connectivity index (χ2v) is 3.82. The highest BCUT2D eigenvalue weighted by Crippen LogP contribution is 2.22. The lowest BCUT2D eigenvalue weighted by atomic mass is 10.2. The van der Waals surface area contributed by atoms with Gasteiger partial charge in [0.05, 0.1) is 17.4 Å². The predicted molar refractivity (Wildman–Crippen MR) is 62.7 cm³/mol. The topological polar surface area (TPSA) is 51.3 Å². The Bertz CT molecular complexity index is 403. The molecule has 1 aromatic rings. The number of aromatic nitrogens is 1. The molecule has 1 saturated carbocycles. The molecule has 78 valence electrons. The molecule has 0 aromatic carbocycles. The van der Waals surface area contributed by atoms with Gasteiger partial charge in [0.2, 0.25) is 0 Å². The van der Waals surface area contributed by atoms with Crippen molar-refractivity contribution in [1.82, 2.24) is 4.98 Å². The number of aliphatic imine (C=N–C) groups is 1. The summed E-state index contributed by atoms with van der Waals surface area (Å²) in [5, 5.41) is 0. The van der Waals surface area contributed by atoms with Crippen LogP contribution in [0.3, 0.4) is 0 Å². The third kappa shape index (κ3) is 2.91. The van der Waals surface area contributed by atoms with E-state index in [1.807, 2.05) is 31.2 Å². The summed E-state index contributed by atoms with van der Waals surface area (Å²) >= 11 is 0. The van der Waals surface area contributed by atoms with Crippen molar-refractivity contribution in [3.8, 4) is 0 Å². The van der Waals surface area contributed by atoms with Crippen LogP contribution in [-0.2, 0) is 0 Å². The fourth-order valence-electron chi connectivity index (χ4n) is 1.26. The molecule has 0 spiro atoms. The van der Waals surface area contributed by atoms with Crippen LogP contribution in [0.15, 0.2) is 29.3 Å². The molecule has 0 atom stereocenters. The smallest absolute Gasteiger partial charge is 0.0862 e. The third-order valence-electron chi connectivity index (χ3n) is 2.28. The second-order valence-electron chi connectivity index (χ2n) is 3.82. The number of rotatable bonds is 3. The Balaban J connectivity index is 2.08. The average molecular weight is 201 g/mol. The summed E-state index contributed by atoms with van der Waals surface area (Å²) in [5.74, 6) is 0. The number of nitrogens with zero attached hydrogens (tertiary/aromatic N) is 2. The van der Waals surface area contributed by atoms with Crippen molar-refractivity contribution in [1.29, 1.82) is 0 Å². The maximum Gasteiger partial charge on any atom is 0.0862 e. The predicted octanol–water partition coefficient (Wildman–Crippen LogP) is 1.92. The van der Waals surface area contributed by atoms with Gasteiger partial charge in [0.25, 0.3) is 0 Å². The number of allylic oxidation sites excluding steroid dienone is 1. The van der Waals surface area contributed by atoms with Crippen molar-refractivity contribution in [3.05, 3.63) is 35.7 Å². The van der Waals surface area contributed by atoms with Crippen molar-refractivity contribution in [2.45, 2.75) is 25.8 Å². The molecule has 1 aliphatic carbocycles. The summed E-state index contributed by atoms with van der Waals surface area (Å²) in [7, 11) is 0. The Morgan fingerprint density at radius 1 is 1.53 bits per heavy atom. The Kier molecular flexibility index (Phi) is 2.81. The van der Waals surface area contributed by atoms with Gasteiger partial charge in [-0.3, -0.25) is 9.98 Å². The van der Waals surface area contributed by atoms with Crippen LogP contribution in [-0.4, -0.2) is 17.2 Å². The molecule has 15 heavy (non-hydrogen) atoms. The molecular weight excluding hydrogens is 186 g/mol. The molecule has 0 aliphatic heterocycles. The molecule has 2 rings (SSSR count). The van der Waals surface area contributed by atoms with Crippen LogP contribution in [0.4, 0.5) is 0 Å². The van der Waals surface area contributed by atoms with Crippen LogP contribution in [0.25, 0.3) is 5.70 Å². The van der Waals surface area contributed by atoms with E-state index in [0.29, 0.717) is 11.7 Å². The Hall–Kier alpha value is -1.64. The normalized spacial score (nSPS) is 17.3. The van der Waals surface area contributed by atoms with E-state index >= 15 is 0 Å². The molecule has 0 unspecified atom stereocenters. The fraction of sp³-hybridized carbons (Fsp3) is 0.333. The van der Waals surface area contributed by atoms with Crippen LogP contribution in [0.1, 0.15) is 24.2 Å². The standard InChI is InChI=1S/C12H15N3/c1-9-3-2-4-12(15-9)11(13)7-8-14-10-5-6-10/h2-4,7-8,10H,5-6,13H2,1H3. The average Bonchev–Trinajstić information content (AvgIpc) is 3.01. The quantitative estimate of drug-likeness (QED) is 0.759. The van der Waals surface area contributed by atoms with Crippen LogP contribution in [0, 0.1) is 6.92 Å². The molecular formula is C12H15N3. The van der Waals surface area contributed by atoms with E-state index in [1.165, 1.54) is 12.8 Å². The summed E-state index contributed by atoms with van der Waals surface area (Å²) < 4.78 is 0. The molecule has 0 saturated heterocycles. The van der Waals surface area contributed by atoms with Crippen molar-refractivity contribution in [2.24, 2.45) is 10.7 Å². The highest BCUT2D eigenvalue weighted by molar-refractivity contribution is 5.82. The van der Waals surface area contributed by atoms with Crippen LogP contribution in [0.2, 0.25) is 0 Å². The lowest BCUT2D eigenvalue weighted by Gasteiger charge is -1.99. The van der Waals surface area contributed by atoms with E-state index in [0.717, 1.165) is 11.4 Å². The molecule has 0 amide bonds. The highest BCUT2D eigenvalue weighted by atomic mass is 14.8. The van der Waals surface area contributed by atoms with Gasteiger partial charge in [-0.2, -0.15) is 0 Å². The van der Waals surface area contributed by atoms with E-state index in [-0.39, 0.29) is 0 Å². The molecule has 1 aliphatic rings. The number of aryl methyl sites for hydroxylation is 1. The highest BCUT2D eigenvalue weighted by Gasteiger charge is 2.18. The van der Waals surface area contributed by atoms with Crippen LogP contribution < -0.4 is 5.73 Å². The first-order chi connectivity index (χ1) is 7.25. The Morgan fingerprint density at radius 2 is 2.33 bits per heavy atom. The molecule has 1 heterocycles. The summed E-state index contributed by atoms with van der Waals surface area (Å²) in [6.07, 6.45) is 6.04. The maximum atomic E-state index is 5.88. The molecule has 3 nitrogen and oxygen atoms in total. The van der Waals surface area contributed by atoms with Gasteiger partial charge in [-0.25, -0.2) is 0 Å². The molecule has 3 heteroatoms. The lowest BCUT2D eigenvalue weighted by Crippen LogP contribution is -2.00. The van der Waals surface area contributed by atoms with E-state index < -0.39 is 0 Å². The maximum absolute atomic E-state index is 5.88. The van der Waals surface area contributed by atoms with Crippen LogP contribution >= 0.6 is 0 Å². The number of nitrogens with two attached hydrogens (primary N) is 1. The fourth-order valence-corrected chi connectivity index (χ4v) is 1.26. The van der Waals surface area contributed by atoms with Crippen molar-refractivity contribution < 1.29 is 0 Å². The van der Waals surface area contributed by atoms with E-state index in [2.05, 4.69) is 9.98 Å². The SMILES string of the molecule is Cc1cccc(C(N)=CC=NC2CC2)n1. The minimum Gasteiger partial charge on any atom is -0.397 e. The molecule has 1 aromatic heterocycles. The zero-order valence-corrected chi connectivity index (χ0v) is 8.85. The number of hydrogen-bond donors (Lipinski definition) is 1. The Labute approximate surface area is 89.7 Å². The minimum atomic E-state index is 0.541. The number of pyridine rings is 1. The van der Waals surface area contributed by atoms with Gasteiger partial charge < -0.3 is 5.73 Å². The van der Waals surface area contributed by atoms with E-state index in [1.54, 1.807) is 6.21 Å². The first-order valence-corrected chi connectivity index (χ1v) is 5.18. The van der Waals surface area contributed by atoms with Crippen LogP contribution in [0.5, 0.6) is 0 Å². The van der Waals surface area contributed by atoms with Crippen molar-refractivity contribution in [2.75, 3.05) is 0 Å². The summed E-state index contributed by atoms with van der Waals surface area (Å²) in [5.41, 5.74) is 8.34. The van der Waals surface area contributed by atoms with E-state index in [4.69, 9.17) is 5.73 Å². The van der Waals surface area contributed by atoms with Gasteiger partial charge in [-0.15, -0.1) is 0 Å². The summed E-state index contributed by atoms with van der Waals surface area (Å²) in [6, 6.07) is 6.36. The lowest BCUT2D eigenvalue weighted by molar-refractivity contribution is 1.08. The first kappa shape index (κ1) is 9.90. The zero-order chi connectivity index (χ0) is 10.7. The first-order valence-electron chi connectivity index (χ1n) is 5.18. The molecule has 0 radical (unpaired) electrons. The third-order valence-corrected chi connectivity index (χ3v) is 2.28. The largest absolute Gasteiger partial charge is 0.397 e. The Morgan fingerprint density at radius 3 is 3.00 bits per heavy atom. The summed E-state index contributed by atoms with van der Waals surface area (Å²) in [6.45, 7) is 1.95. The van der Waals surface area contributed by atoms with Gasteiger partial charge in [0.1, 0.15) is 0 Å². The van der Waals surface area contributed by atoms with Crippen molar-refractivity contribution in [3.63, 3.8) is 0 Å². The minimum absolute atomic E-state index is 0.541. The molecule has 2 N–H and O–H groups in total. The van der Waals surface area contributed by atoms with Gasteiger partial charge in [0.15, 0.2) is 0 Å². The van der Waals surface area contributed by atoms with Crippen molar-refractivity contribution >= 4 is 11.9 Å². The van der Waals surface area contributed by atoms with Gasteiger partial charge in [-0.05, 0) is 38.0 Å². The van der Waals surface area contributed by atoms with Gasteiger partial charge in [-0.1, -0.05) is 6.07 Å².